The Balaban J connectivity index is 2.72. The quantitative estimate of drug-likeness (QED) is 0.773. The van der Waals surface area contributed by atoms with Crippen molar-refractivity contribution in [2.24, 2.45) is 0 Å². The zero-order valence-electron chi connectivity index (χ0n) is 11.5. The Kier molecular flexibility index (Phi) is 4.90. The first-order chi connectivity index (χ1) is 9.26. The normalized spacial score (nSPS) is 10.8. The predicted octanol–water partition coefficient (Wildman–Crippen LogP) is 2.21. The van der Waals surface area contributed by atoms with E-state index in [9.17, 15) is 14.0 Å². The number of amides is 2. The van der Waals surface area contributed by atoms with Gasteiger partial charge in [0.25, 0.3) is 0 Å². The van der Waals surface area contributed by atoms with Crippen LogP contribution in [0.25, 0.3) is 0 Å². The molecule has 0 aliphatic rings. The van der Waals surface area contributed by atoms with Crippen molar-refractivity contribution in [1.29, 1.82) is 0 Å². The Morgan fingerprint density at radius 2 is 2.05 bits per heavy atom. The molecule has 0 atom stereocenters. The molecule has 0 radical (unpaired) electrons. The van der Waals surface area contributed by atoms with Gasteiger partial charge in [-0.3, -0.25) is 0 Å². The van der Waals surface area contributed by atoms with Crippen molar-refractivity contribution in [3.05, 3.63) is 24.0 Å². The first-order valence-electron chi connectivity index (χ1n) is 6.01. The molecule has 2 amide bonds. The highest BCUT2D eigenvalue weighted by Crippen LogP contribution is 2.21. The van der Waals surface area contributed by atoms with E-state index in [1.807, 2.05) is 0 Å². The Morgan fingerprint density at radius 3 is 2.55 bits per heavy atom. The molecular formula is C13H17FN2O4. The number of carbonyl (C=O) groups excluding carboxylic acids is 1. The molecule has 0 spiro atoms. The van der Waals surface area contributed by atoms with Gasteiger partial charge < -0.3 is 20.5 Å². The zero-order valence-corrected chi connectivity index (χ0v) is 11.5. The topological polar surface area (TPSA) is 87.7 Å². The van der Waals surface area contributed by atoms with Gasteiger partial charge in [-0.1, -0.05) is 0 Å². The SMILES string of the molecule is CCOc1ccc(NC(=O)NC(C)(C)C(=O)O)cc1F. The summed E-state index contributed by atoms with van der Waals surface area (Å²) < 4.78 is 18.6. The number of anilines is 1. The van der Waals surface area contributed by atoms with Crippen LogP contribution in [-0.2, 0) is 4.79 Å². The van der Waals surface area contributed by atoms with Crippen LogP contribution in [-0.4, -0.2) is 29.3 Å². The molecule has 0 saturated carbocycles. The maximum atomic E-state index is 13.6. The van der Waals surface area contributed by atoms with Crippen molar-refractivity contribution >= 4 is 17.7 Å². The first-order valence-corrected chi connectivity index (χ1v) is 6.01. The molecular weight excluding hydrogens is 267 g/mol. The molecule has 0 unspecified atom stereocenters. The number of benzene rings is 1. The number of urea groups is 1. The summed E-state index contributed by atoms with van der Waals surface area (Å²) in [4.78, 5) is 22.5. The molecule has 6 nitrogen and oxygen atoms in total. The fourth-order valence-corrected chi connectivity index (χ4v) is 1.35. The monoisotopic (exact) mass is 284 g/mol. The Bertz CT molecular complexity index is 517. The van der Waals surface area contributed by atoms with E-state index in [-0.39, 0.29) is 11.4 Å². The van der Waals surface area contributed by atoms with E-state index >= 15 is 0 Å². The Hall–Kier alpha value is -2.31. The second-order valence-corrected chi connectivity index (χ2v) is 4.59. The third-order valence-electron chi connectivity index (χ3n) is 2.45. The molecule has 1 aromatic rings. The summed E-state index contributed by atoms with van der Waals surface area (Å²) in [5, 5.41) is 13.5. The number of hydrogen-bond donors (Lipinski definition) is 3. The molecule has 0 aromatic heterocycles. The molecule has 110 valence electrons. The third kappa shape index (κ3) is 4.11. The van der Waals surface area contributed by atoms with E-state index in [1.54, 1.807) is 6.92 Å². The van der Waals surface area contributed by atoms with Gasteiger partial charge in [-0.15, -0.1) is 0 Å². The van der Waals surface area contributed by atoms with Crippen molar-refractivity contribution in [1.82, 2.24) is 5.32 Å². The fourth-order valence-electron chi connectivity index (χ4n) is 1.35. The molecule has 0 fully saturated rings. The second-order valence-electron chi connectivity index (χ2n) is 4.59. The van der Waals surface area contributed by atoms with E-state index in [1.165, 1.54) is 26.0 Å². The molecule has 0 heterocycles. The highest BCUT2D eigenvalue weighted by atomic mass is 19.1. The van der Waals surface area contributed by atoms with Crippen molar-refractivity contribution in [3.8, 4) is 5.75 Å². The Morgan fingerprint density at radius 1 is 1.40 bits per heavy atom. The van der Waals surface area contributed by atoms with E-state index in [0.717, 1.165) is 6.07 Å². The minimum Gasteiger partial charge on any atom is -0.491 e. The minimum absolute atomic E-state index is 0.0873. The van der Waals surface area contributed by atoms with E-state index < -0.39 is 23.4 Å². The number of hydrogen-bond acceptors (Lipinski definition) is 3. The molecule has 0 aliphatic carbocycles. The van der Waals surface area contributed by atoms with E-state index in [4.69, 9.17) is 9.84 Å². The second kappa shape index (κ2) is 6.23. The van der Waals surface area contributed by atoms with Gasteiger partial charge in [0.1, 0.15) is 5.54 Å². The predicted molar refractivity (Wildman–Crippen MR) is 71.4 cm³/mol. The summed E-state index contributed by atoms with van der Waals surface area (Å²) >= 11 is 0. The lowest BCUT2D eigenvalue weighted by molar-refractivity contribution is -0.142. The molecule has 1 rings (SSSR count). The third-order valence-corrected chi connectivity index (χ3v) is 2.45. The van der Waals surface area contributed by atoms with Gasteiger partial charge in [0.2, 0.25) is 0 Å². The molecule has 7 heteroatoms. The van der Waals surface area contributed by atoms with Gasteiger partial charge in [0, 0.05) is 11.8 Å². The van der Waals surface area contributed by atoms with Crippen molar-refractivity contribution < 1.29 is 23.8 Å². The molecule has 20 heavy (non-hydrogen) atoms. The van der Waals surface area contributed by atoms with E-state index in [0.29, 0.717) is 6.61 Å². The number of carbonyl (C=O) groups is 2. The highest BCUT2D eigenvalue weighted by Gasteiger charge is 2.28. The molecule has 0 aliphatic heterocycles. The van der Waals surface area contributed by atoms with Crippen LogP contribution in [0.3, 0.4) is 0 Å². The number of carboxylic acids is 1. The van der Waals surface area contributed by atoms with Gasteiger partial charge in [0.15, 0.2) is 11.6 Å². The van der Waals surface area contributed by atoms with Crippen LogP contribution in [0, 0.1) is 5.82 Å². The van der Waals surface area contributed by atoms with Gasteiger partial charge in [0.05, 0.1) is 6.61 Å². The molecule has 3 N–H and O–H groups in total. The molecule has 0 saturated heterocycles. The number of rotatable bonds is 5. The standard InChI is InChI=1S/C13H17FN2O4/c1-4-20-10-6-5-8(7-9(10)14)15-12(19)16-13(2,3)11(17)18/h5-7H,4H2,1-3H3,(H,17,18)(H2,15,16,19). The summed E-state index contributed by atoms with van der Waals surface area (Å²) in [5.41, 5.74) is -1.22. The van der Waals surface area contributed by atoms with Crippen molar-refractivity contribution in [2.75, 3.05) is 11.9 Å². The smallest absolute Gasteiger partial charge is 0.328 e. The van der Waals surface area contributed by atoms with Crippen LogP contribution < -0.4 is 15.4 Å². The largest absolute Gasteiger partial charge is 0.491 e. The van der Waals surface area contributed by atoms with E-state index in [2.05, 4.69) is 10.6 Å². The van der Waals surface area contributed by atoms with Gasteiger partial charge in [-0.25, -0.2) is 14.0 Å². The average molecular weight is 284 g/mol. The number of ether oxygens (including phenoxy) is 1. The first kappa shape index (κ1) is 15.7. The number of halogens is 1. The summed E-state index contributed by atoms with van der Waals surface area (Å²) in [7, 11) is 0. The summed E-state index contributed by atoms with van der Waals surface area (Å²) in [6.45, 7) is 4.74. The minimum atomic E-state index is -1.42. The Labute approximate surface area is 115 Å². The van der Waals surface area contributed by atoms with Crippen LogP contribution in [0.2, 0.25) is 0 Å². The fraction of sp³-hybridized carbons (Fsp3) is 0.385. The lowest BCUT2D eigenvalue weighted by Crippen LogP contribution is -2.51. The summed E-state index contributed by atoms with van der Waals surface area (Å²) in [6, 6.07) is 3.21. The van der Waals surface area contributed by atoms with Crippen molar-refractivity contribution in [3.63, 3.8) is 0 Å². The van der Waals surface area contributed by atoms with Gasteiger partial charge in [-0.2, -0.15) is 0 Å². The highest BCUT2D eigenvalue weighted by molar-refractivity contribution is 5.93. The van der Waals surface area contributed by atoms with Crippen LogP contribution >= 0.6 is 0 Å². The summed E-state index contributed by atoms with van der Waals surface area (Å²) in [6.07, 6.45) is 0. The van der Waals surface area contributed by atoms with Crippen LogP contribution in [0.1, 0.15) is 20.8 Å². The number of aliphatic carboxylic acids is 1. The van der Waals surface area contributed by atoms with Crippen LogP contribution in [0.5, 0.6) is 5.75 Å². The zero-order chi connectivity index (χ0) is 15.3. The maximum absolute atomic E-state index is 13.6. The van der Waals surface area contributed by atoms with Gasteiger partial charge in [-0.05, 0) is 32.9 Å². The van der Waals surface area contributed by atoms with Crippen LogP contribution in [0.4, 0.5) is 14.9 Å². The average Bonchev–Trinajstić information content (AvgIpc) is 2.31. The van der Waals surface area contributed by atoms with Crippen molar-refractivity contribution in [2.45, 2.75) is 26.3 Å². The molecule has 1 aromatic carbocycles. The lowest BCUT2D eigenvalue weighted by atomic mass is 10.1. The van der Waals surface area contributed by atoms with Crippen LogP contribution in [0.15, 0.2) is 18.2 Å². The van der Waals surface area contributed by atoms with Gasteiger partial charge >= 0.3 is 12.0 Å². The lowest BCUT2D eigenvalue weighted by Gasteiger charge is -2.21. The maximum Gasteiger partial charge on any atom is 0.328 e. The summed E-state index contributed by atoms with van der Waals surface area (Å²) in [5.74, 6) is -1.70. The number of carboxylic acid groups (broad SMARTS) is 1. The molecule has 0 bridgehead atoms. The number of nitrogens with one attached hydrogen (secondary N) is 2.